The van der Waals surface area contributed by atoms with E-state index in [0.717, 1.165) is 28.2 Å². The van der Waals surface area contributed by atoms with Gasteiger partial charge in [-0.1, -0.05) is 26.0 Å². The van der Waals surface area contributed by atoms with Gasteiger partial charge < -0.3 is 27.4 Å². The van der Waals surface area contributed by atoms with Crippen molar-refractivity contribution < 1.29 is 9.59 Å². The van der Waals surface area contributed by atoms with Crippen LogP contribution in [0.4, 0.5) is 28.4 Å². The van der Waals surface area contributed by atoms with Crippen LogP contribution in [0, 0.1) is 5.92 Å². The minimum absolute atomic E-state index is 0.106. The van der Waals surface area contributed by atoms with E-state index in [0.29, 0.717) is 28.4 Å². The minimum Gasteiger partial charge on any atom is -0.399 e. The van der Waals surface area contributed by atoms with Gasteiger partial charge in [0.2, 0.25) is 0 Å². The predicted octanol–water partition coefficient (Wildman–Crippen LogP) is 6.26. The van der Waals surface area contributed by atoms with E-state index < -0.39 is 0 Å². The van der Waals surface area contributed by atoms with Crippen molar-refractivity contribution in [2.45, 2.75) is 25.8 Å². The lowest BCUT2D eigenvalue weighted by atomic mass is 9.77. The fourth-order valence-electron chi connectivity index (χ4n) is 4.86. The Morgan fingerprint density at radius 3 is 1.74 bits per heavy atom. The van der Waals surface area contributed by atoms with Crippen molar-refractivity contribution in [1.29, 1.82) is 0 Å². The SMILES string of the molecule is CC1c2cc(NC(=O)c3ccc(N)cc3)ccc2NC(c2ccc(NC(=O)c3ccc(N)cc3)cc2)C1C. The van der Waals surface area contributed by atoms with Gasteiger partial charge in [0.25, 0.3) is 11.8 Å². The lowest BCUT2D eigenvalue weighted by Crippen LogP contribution is -2.29. The van der Waals surface area contributed by atoms with Crippen LogP contribution in [-0.2, 0) is 0 Å². The zero-order valence-electron chi connectivity index (χ0n) is 21.4. The Kier molecular flexibility index (Phi) is 6.75. The Morgan fingerprint density at radius 2 is 1.18 bits per heavy atom. The molecule has 1 aliphatic heterocycles. The highest BCUT2D eigenvalue weighted by molar-refractivity contribution is 6.05. The van der Waals surface area contributed by atoms with Gasteiger partial charge in [-0.2, -0.15) is 0 Å². The van der Waals surface area contributed by atoms with E-state index in [-0.39, 0.29) is 23.8 Å². The van der Waals surface area contributed by atoms with E-state index in [9.17, 15) is 9.59 Å². The molecule has 192 valence electrons. The average Bonchev–Trinajstić information content (AvgIpc) is 2.92. The standard InChI is InChI=1S/C31H31N5O2/c1-18-19(2)29(20-7-13-25(14-8-20)34-30(37)21-3-9-23(32)10-4-21)36-28-16-15-26(17-27(18)28)35-31(38)22-5-11-24(33)12-6-22/h3-19,29,36H,32-33H2,1-2H3,(H,34,37)(H,35,38). The minimum atomic E-state index is -0.177. The number of carbonyl (C=O) groups excluding carboxylic acids is 2. The summed E-state index contributed by atoms with van der Waals surface area (Å²) in [5.74, 6) is 0.204. The number of anilines is 5. The molecule has 2 amide bonds. The van der Waals surface area contributed by atoms with Crippen molar-refractivity contribution in [3.8, 4) is 0 Å². The molecule has 0 aromatic heterocycles. The predicted molar refractivity (Wildman–Crippen MR) is 154 cm³/mol. The van der Waals surface area contributed by atoms with Crippen molar-refractivity contribution >= 4 is 40.3 Å². The summed E-state index contributed by atoms with van der Waals surface area (Å²) in [7, 11) is 0. The van der Waals surface area contributed by atoms with Gasteiger partial charge in [-0.3, -0.25) is 9.59 Å². The molecule has 0 saturated heterocycles. The average molecular weight is 506 g/mol. The van der Waals surface area contributed by atoms with Crippen LogP contribution in [0.1, 0.15) is 57.7 Å². The number of nitrogens with one attached hydrogen (secondary N) is 3. The summed E-state index contributed by atoms with van der Waals surface area (Å²) in [5, 5.41) is 9.61. The normalized spacial score (nSPS) is 18.1. The van der Waals surface area contributed by atoms with E-state index in [1.807, 2.05) is 42.5 Å². The van der Waals surface area contributed by atoms with Crippen LogP contribution in [0.5, 0.6) is 0 Å². The van der Waals surface area contributed by atoms with Crippen LogP contribution >= 0.6 is 0 Å². The Bertz CT molecular complexity index is 1460. The first kappa shape index (κ1) is 24.9. The summed E-state index contributed by atoms with van der Waals surface area (Å²) in [6, 6.07) is 27.7. The quantitative estimate of drug-likeness (QED) is 0.205. The van der Waals surface area contributed by atoms with E-state index in [1.54, 1.807) is 48.5 Å². The molecule has 7 heteroatoms. The second-order valence-electron chi connectivity index (χ2n) is 9.85. The largest absolute Gasteiger partial charge is 0.399 e. The highest BCUT2D eigenvalue weighted by Crippen LogP contribution is 2.45. The van der Waals surface area contributed by atoms with Gasteiger partial charge in [-0.25, -0.2) is 0 Å². The van der Waals surface area contributed by atoms with Crippen LogP contribution in [0.3, 0.4) is 0 Å². The molecule has 7 nitrogen and oxygen atoms in total. The maximum absolute atomic E-state index is 12.7. The first-order chi connectivity index (χ1) is 18.3. The number of hydrogen-bond donors (Lipinski definition) is 5. The van der Waals surface area contributed by atoms with Crippen molar-refractivity contribution in [2.24, 2.45) is 5.92 Å². The molecule has 0 radical (unpaired) electrons. The van der Waals surface area contributed by atoms with Crippen molar-refractivity contribution in [3.63, 3.8) is 0 Å². The molecule has 7 N–H and O–H groups in total. The highest BCUT2D eigenvalue weighted by Gasteiger charge is 2.32. The molecule has 4 aromatic carbocycles. The summed E-state index contributed by atoms with van der Waals surface area (Å²) < 4.78 is 0. The fraction of sp³-hybridized carbons (Fsp3) is 0.161. The third kappa shape index (κ3) is 5.18. The molecule has 3 unspecified atom stereocenters. The Labute approximate surface area is 222 Å². The van der Waals surface area contributed by atoms with Gasteiger partial charge in [0.1, 0.15) is 0 Å². The molecule has 1 heterocycles. The number of hydrogen-bond acceptors (Lipinski definition) is 5. The number of nitrogen functional groups attached to an aromatic ring is 2. The molecule has 0 aliphatic carbocycles. The summed E-state index contributed by atoms with van der Waals surface area (Å²) in [4.78, 5) is 25.2. The van der Waals surface area contributed by atoms with Crippen LogP contribution in [0.25, 0.3) is 0 Å². The third-order valence-corrected chi connectivity index (χ3v) is 7.30. The van der Waals surface area contributed by atoms with Crippen molar-refractivity contribution in [1.82, 2.24) is 0 Å². The summed E-state index contributed by atoms with van der Waals surface area (Å²) in [5.41, 5.74) is 18.6. The van der Waals surface area contributed by atoms with Crippen molar-refractivity contribution in [2.75, 3.05) is 27.4 Å². The van der Waals surface area contributed by atoms with Crippen LogP contribution < -0.4 is 27.4 Å². The Hall–Kier alpha value is -4.78. The van der Waals surface area contributed by atoms with E-state index in [4.69, 9.17) is 11.5 Å². The second-order valence-corrected chi connectivity index (χ2v) is 9.85. The number of amides is 2. The van der Waals surface area contributed by atoms with E-state index in [2.05, 4.69) is 29.8 Å². The number of benzene rings is 4. The Morgan fingerprint density at radius 1 is 0.684 bits per heavy atom. The van der Waals surface area contributed by atoms with Gasteiger partial charge in [-0.15, -0.1) is 0 Å². The second kappa shape index (κ2) is 10.3. The number of carbonyl (C=O) groups is 2. The molecular formula is C31H31N5O2. The number of fused-ring (bicyclic) bond motifs is 1. The van der Waals surface area contributed by atoms with Gasteiger partial charge in [0.15, 0.2) is 0 Å². The lowest BCUT2D eigenvalue weighted by Gasteiger charge is -2.38. The van der Waals surface area contributed by atoms with Gasteiger partial charge >= 0.3 is 0 Å². The molecule has 0 spiro atoms. The topological polar surface area (TPSA) is 122 Å². The summed E-state index contributed by atoms with van der Waals surface area (Å²) >= 11 is 0. The molecule has 38 heavy (non-hydrogen) atoms. The highest BCUT2D eigenvalue weighted by atomic mass is 16.2. The summed E-state index contributed by atoms with van der Waals surface area (Å²) in [6.45, 7) is 4.44. The lowest BCUT2D eigenvalue weighted by molar-refractivity contribution is 0.101. The molecule has 1 aliphatic rings. The van der Waals surface area contributed by atoms with Crippen molar-refractivity contribution in [3.05, 3.63) is 113 Å². The molecule has 0 fully saturated rings. The monoisotopic (exact) mass is 505 g/mol. The van der Waals surface area contributed by atoms with Gasteiger partial charge in [0, 0.05) is 39.6 Å². The maximum Gasteiger partial charge on any atom is 0.255 e. The fourth-order valence-corrected chi connectivity index (χ4v) is 4.86. The van der Waals surface area contributed by atoms with E-state index >= 15 is 0 Å². The number of nitrogens with two attached hydrogens (primary N) is 2. The molecule has 0 saturated carbocycles. The third-order valence-electron chi connectivity index (χ3n) is 7.30. The molecule has 0 bridgehead atoms. The maximum atomic E-state index is 12.7. The smallest absolute Gasteiger partial charge is 0.255 e. The first-order valence-electron chi connectivity index (χ1n) is 12.6. The summed E-state index contributed by atoms with van der Waals surface area (Å²) in [6.07, 6.45) is 0. The van der Waals surface area contributed by atoms with Gasteiger partial charge in [0.05, 0.1) is 6.04 Å². The first-order valence-corrected chi connectivity index (χ1v) is 12.6. The van der Waals surface area contributed by atoms with Gasteiger partial charge in [-0.05, 0) is 102 Å². The van der Waals surface area contributed by atoms with Crippen LogP contribution in [0.15, 0.2) is 91.0 Å². The molecular weight excluding hydrogens is 474 g/mol. The zero-order chi connectivity index (χ0) is 26.8. The number of rotatable bonds is 5. The van der Waals surface area contributed by atoms with Crippen LogP contribution in [0.2, 0.25) is 0 Å². The van der Waals surface area contributed by atoms with E-state index in [1.165, 1.54) is 0 Å². The molecule has 5 rings (SSSR count). The Balaban J connectivity index is 1.28. The zero-order valence-corrected chi connectivity index (χ0v) is 21.4. The molecule has 3 atom stereocenters. The van der Waals surface area contributed by atoms with Crippen LogP contribution in [-0.4, -0.2) is 11.8 Å². The molecule has 4 aromatic rings.